The summed E-state index contributed by atoms with van der Waals surface area (Å²) >= 11 is 12.0. The molecule has 2 aromatic rings. The van der Waals surface area contributed by atoms with Gasteiger partial charge in [0.15, 0.2) is 0 Å². The van der Waals surface area contributed by atoms with Crippen LogP contribution < -0.4 is 5.32 Å². The number of hydrogen-bond donors (Lipinski definition) is 1. The van der Waals surface area contributed by atoms with E-state index in [-0.39, 0.29) is 0 Å². The Labute approximate surface area is 129 Å². The number of benzene rings is 2. The van der Waals surface area contributed by atoms with E-state index in [9.17, 15) is 0 Å². The van der Waals surface area contributed by atoms with Crippen LogP contribution in [0.15, 0.2) is 42.5 Å². The number of fused-ring (bicyclic) bond motifs is 1. The Balaban J connectivity index is 1.71. The zero-order chi connectivity index (χ0) is 13.9. The van der Waals surface area contributed by atoms with Crippen LogP contribution in [0.1, 0.15) is 29.9 Å². The summed E-state index contributed by atoms with van der Waals surface area (Å²) in [6.45, 7) is 0.939. The van der Waals surface area contributed by atoms with Gasteiger partial charge in [-0.05, 0) is 48.6 Å². The van der Waals surface area contributed by atoms with Crippen molar-refractivity contribution in [3.05, 3.63) is 63.6 Å². The van der Waals surface area contributed by atoms with Crippen molar-refractivity contribution in [1.29, 1.82) is 0 Å². The minimum absolute atomic E-state index is 0.578. The van der Waals surface area contributed by atoms with Gasteiger partial charge in [-0.2, -0.15) is 0 Å². The minimum atomic E-state index is 0.578. The Morgan fingerprint density at radius 1 is 1.05 bits per heavy atom. The lowest BCUT2D eigenvalue weighted by atomic mass is 9.83. The van der Waals surface area contributed by atoms with Gasteiger partial charge in [-0.25, -0.2) is 0 Å². The van der Waals surface area contributed by atoms with Crippen LogP contribution in [-0.4, -0.2) is 6.54 Å². The lowest BCUT2D eigenvalue weighted by Crippen LogP contribution is -2.18. The van der Waals surface area contributed by atoms with Crippen molar-refractivity contribution >= 4 is 28.9 Å². The van der Waals surface area contributed by atoms with E-state index in [0.717, 1.165) is 12.2 Å². The van der Waals surface area contributed by atoms with Crippen LogP contribution in [0.5, 0.6) is 0 Å². The van der Waals surface area contributed by atoms with E-state index in [0.29, 0.717) is 16.0 Å². The molecule has 1 aliphatic rings. The van der Waals surface area contributed by atoms with E-state index in [1.165, 1.54) is 30.4 Å². The van der Waals surface area contributed by atoms with Crippen LogP contribution in [0, 0.1) is 0 Å². The van der Waals surface area contributed by atoms with E-state index >= 15 is 0 Å². The zero-order valence-corrected chi connectivity index (χ0v) is 12.7. The molecule has 1 N–H and O–H groups in total. The first-order valence-electron chi connectivity index (χ1n) is 7.01. The summed E-state index contributed by atoms with van der Waals surface area (Å²) in [7, 11) is 0. The summed E-state index contributed by atoms with van der Waals surface area (Å²) in [5, 5.41) is 4.68. The molecule has 2 aromatic carbocycles. The fourth-order valence-electron chi connectivity index (χ4n) is 2.91. The highest BCUT2D eigenvalue weighted by atomic mass is 35.5. The highest BCUT2D eigenvalue weighted by Crippen LogP contribution is 2.32. The molecule has 0 fully saturated rings. The van der Waals surface area contributed by atoms with Gasteiger partial charge >= 0.3 is 0 Å². The third kappa shape index (κ3) is 2.94. The highest BCUT2D eigenvalue weighted by Gasteiger charge is 2.19. The fraction of sp³-hybridized carbons (Fsp3) is 0.294. The summed E-state index contributed by atoms with van der Waals surface area (Å²) in [4.78, 5) is 0. The number of halogens is 2. The number of hydrogen-bond acceptors (Lipinski definition) is 1. The van der Waals surface area contributed by atoms with Gasteiger partial charge in [0.25, 0.3) is 0 Å². The first-order chi connectivity index (χ1) is 9.74. The van der Waals surface area contributed by atoms with Crippen LogP contribution in [0.4, 0.5) is 5.69 Å². The Morgan fingerprint density at radius 3 is 2.75 bits per heavy atom. The van der Waals surface area contributed by atoms with Crippen LogP contribution in [0.2, 0.25) is 10.0 Å². The van der Waals surface area contributed by atoms with Crippen LogP contribution in [0.25, 0.3) is 0 Å². The van der Waals surface area contributed by atoms with E-state index < -0.39 is 0 Å². The van der Waals surface area contributed by atoms with Crippen LogP contribution >= 0.6 is 23.2 Å². The Bertz CT molecular complexity index is 610. The fourth-order valence-corrected chi connectivity index (χ4v) is 3.21. The molecule has 0 saturated carbocycles. The summed E-state index contributed by atoms with van der Waals surface area (Å²) in [6.07, 6.45) is 3.72. The van der Waals surface area contributed by atoms with E-state index in [1.807, 2.05) is 18.2 Å². The van der Waals surface area contributed by atoms with Crippen molar-refractivity contribution in [2.24, 2.45) is 0 Å². The molecule has 3 rings (SSSR count). The maximum atomic E-state index is 6.04. The predicted octanol–water partition coefficient (Wildman–Crippen LogP) is 5.53. The van der Waals surface area contributed by atoms with Gasteiger partial charge in [0.2, 0.25) is 0 Å². The van der Waals surface area contributed by atoms with E-state index in [1.54, 1.807) is 0 Å². The SMILES string of the molecule is Clc1ccc(NCC2CCCc3ccccc32)cc1Cl. The van der Waals surface area contributed by atoms with Crippen molar-refractivity contribution < 1.29 is 0 Å². The van der Waals surface area contributed by atoms with Crippen molar-refractivity contribution in [3.63, 3.8) is 0 Å². The average molecular weight is 306 g/mol. The molecule has 1 nitrogen and oxygen atoms in total. The topological polar surface area (TPSA) is 12.0 Å². The lowest BCUT2D eigenvalue weighted by Gasteiger charge is -2.26. The Hall–Kier alpha value is -1.18. The molecular formula is C17H17Cl2N. The number of aryl methyl sites for hydroxylation is 1. The summed E-state index contributed by atoms with van der Waals surface area (Å²) in [6, 6.07) is 14.5. The molecule has 1 unspecified atom stereocenters. The van der Waals surface area contributed by atoms with Crippen molar-refractivity contribution in [2.45, 2.75) is 25.2 Å². The largest absolute Gasteiger partial charge is 0.384 e. The second-order valence-corrected chi connectivity index (χ2v) is 6.11. The smallest absolute Gasteiger partial charge is 0.0612 e. The average Bonchev–Trinajstić information content (AvgIpc) is 2.48. The van der Waals surface area contributed by atoms with Crippen molar-refractivity contribution in [1.82, 2.24) is 0 Å². The molecule has 0 amide bonds. The molecule has 0 aliphatic heterocycles. The van der Waals surface area contributed by atoms with Gasteiger partial charge in [0, 0.05) is 18.2 Å². The van der Waals surface area contributed by atoms with E-state index in [2.05, 4.69) is 29.6 Å². The van der Waals surface area contributed by atoms with Crippen molar-refractivity contribution in [3.8, 4) is 0 Å². The molecule has 20 heavy (non-hydrogen) atoms. The van der Waals surface area contributed by atoms with Crippen molar-refractivity contribution in [2.75, 3.05) is 11.9 Å². The number of nitrogens with one attached hydrogen (secondary N) is 1. The Kier molecular flexibility index (Phi) is 4.18. The van der Waals surface area contributed by atoms with Gasteiger partial charge in [0.1, 0.15) is 0 Å². The molecule has 3 heteroatoms. The first-order valence-corrected chi connectivity index (χ1v) is 7.76. The molecule has 1 atom stereocenters. The molecule has 0 bridgehead atoms. The van der Waals surface area contributed by atoms with Gasteiger partial charge in [-0.15, -0.1) is 0 Å². The second-order valence-electron chi connectivity index (χ2n) is 5.30. The normalized spacial score (nSPS) is 17.6. The summed E-state index contributed by atoms with van der Waals surface area (Å²) in [5.41, 5.74) is 4.02. The van der Waals surface area contributed by atoms with Gasteiger partial charge < -0.3 is 5.32 Å². The van der Waals surface area contributed by atoms with Crippen LogP contribution in [0.3, 0.4) is 0 Å². The summed E-state index contributed by atoms with van der Waals surface area (Å²) < 4.78 is 0. The third-order valence-electron chi connectivity index (χ3n) is 3.97. The molecule has 0 spiro atoms. The first kappa shape index (κ1) is 13.8. The third-order valence-corrected chi connectivity index (χ3v) is 4.70. The number of rotatable bonds is 3. The van der Waals surface area contributed by atoms with Gasteiger partial charge in [-0.3, -0.25) is 0 Å². The second kappa shape index (κ2) is 6.07. The molecule has 0 aromatic heterocycles. The molecular weight excluding hydrogens is 289 g/mol. The van der Waals surface area contributed by atoms with Gasteiger partial charge in [0.05, 0.1) is 10.0 Å². The molecule has 0 saturated heterocycles. The van der Waals surface area contributed by atoms with Gasteiger partial charge in [-0.1, -0.05) is 47.5 Å². The number of anilines is 1. The standard InChI is InChI=1S/C17H17Cl2N/c18-16-9-8-14(10-17(16)19)20-11-13-6-3-5-12-4-1-2-7-15(12)13/h1-2,4,7-10,13,20H,3,5-6,11H2. The molecule has 0 radical (unpaired) electrons. The predicted molar refractivity (Wildman–Crippen MR) is 87.1 cm³/mol. The maximum absolute atomic E-state index is 6.04. The molecule has 1 aliphatic carbocycles. The van der Waals surface area contributed by atoms with Crippen LogP contribution in [-0.2, 0) is 6.42 Å². The summed E-state index contributed by atoms with van der Waals surface area (Å²) in [5.74, 6) is 0.578. The minimum Gasteiger partial charge on any atom is -0.384 e. The monoisotopic (exact) mass is 305 g/mol. The zero-order valence-electron chi connectivity index (χ0n) is 11.2. The van der Waals surface area contributed by atoms with E-state index in [4.69, 9.17) is 23.2 Å². The Morgan fingerprint density at radius 2 is 1.90 bits per heavy atom. The maximum Gasteiger partial charge on any atom is 0.0612 e. The molecule has 104 valence electrons. The lowest BCUT2D eigenvalue weighted by molar-refractivity contribution is 0.572. The highest BCUT2D eigenvalue weighted by molar-refractivity contribution is 6.42. The quantitative estimate of drug-likeness (QED) is 0.786. The molecule has 0 heterocycles.